The van der Waals surface area contributed by atoms with Gasteiger partial charge in [0.15, 0.2) is 12.4 Å². The minimum absolute atomic E-state index is 0.106. The molecule has 0 saturated heterocycles. The van der Waals surface area contributed by atoms with Crippen LogP contribution >= 0.6 is 15.9 Å². The van der Waals surface area contributed by atoms with E-state index in [-0.39, 0.29) is 12.4 Å². The van der Waals surface area contributed by atoms with Gasteiger partial charge in [0.2, 0.25) is 0 Å². The van der Waals surface area contributed by atoms with Crippen LogP contribution in [0, 0.1) is 5.82 Å². The lowest BCUT2D eigenvalue weighted by Gasteiger charge is -2.05. The number of hydrogen-bond donors (Lipinski definition) is 0. The van der Waals surface area contributed by atoms with Gasteiger partial charge < -0.3 is 4.74 Å². The molecule has 0 spiro atoms. The zero-order chi connectivity index (χ0) is 13.0. The maximum atomic E-state index is 13.3. The highest BCUT2D eigenvalue weighted by molar-refractivity contribution is 9.10. The van der Waals surface area contributed by atoms with Crippen molar-refractivity contribution in [2.24, 2.45) is 0 Å². The molecular weight excluding hydrogens is 299 g/mol. The maximum Gasteiger partial charge on any atom is 0.200 e. The zero-order valence-electron chi connectivity index (χ0n) is 9.40. The summed E-state index contributed by atoms with van der Waals surface area (Å²) in [5.41, 5.74) is 0.298. The lowest BCUT2D eigenvalue weighted by atomic mass is 10.1. The second-order valence-corrected chi connectivity index (χ2v) is 4.51. The molecule has 0 amide bonds. The third kappa shape index (κ3) is 3.17. The standard InChI is InChI=1S/C14H10BrFO2/c15-12-7-6-10(8-13(12)16)14(17)9-18-11-4-2-1-3-5-11/h1-8H,9H2. The van der Waals surface area contributed by atoms with E-state index in [0.29, 0.717) is 15.8 Å². The highest BCUT2D eigenvalue weighted by atomic mass is 79.9. The quantitative estimate of drug-likeness (QED) is 0.802. The smallest absolute Gasteiger partial charge is 0.200 e. The summed E-state index contributed by atoms with van der Waals surface area (Å²) in [6, 6.07) is 13.3. The van der Waals surface area contributed by atoms with E-state index >= 15 is 0 Å². The number of carbonyl (C=O) groups excluding carboxylic acids is 1. The predicted octanol–water partition coefficient (Wildman–Crippen LogP) is 3.85. The number of rotatable bonds is 4. The second kappa shape index (κ2) is 5.78. The molecule has 0 aliphatic rings. The summed E-state index contributed by atoms with van der Waals surface area (Å²) in [6.45, 7) is -0.106. The molecule has 0 radical (unpaired) electrons. The molecule has 0 saturated carbocycles. The summed E-state index contributed by atoms with van der Waals surface area (Å²) in [7, 11) is 0. The molecule has 2 rings (SSSR count). The monoisotopic (exact) mass is 308 g/mol. The first-order valence-electron chi connectivity index (χ1n) is 5.33. The first kappa shape index (κ1) is 12.8. The summed E-state index contributed by atoms with van der Waals surface area (Å²) in [5.74, 6) is -0.103. The van der Waals surface area contributed by atoms with Gasteiger partial charge >= 0.3 is 0 Å². The third-order valence-electron chi connectivity index (χ3n) is 2.35. The second-order valence-electron chi connectivity index (χ2n) is 3.65. The summed E-state index contributed by atoms with van der Waals surface area (Å²) in [6.07, 6.45) is 0. The van der Waals surface area contributed by atoms with Gasteiger partial charge in [-0.15, -0.1) is 0 Å². The van der Waals surface area contributed by atoms with Gasteiger partial charge in [-0.25, -0.2) is 4.39 Å². The van der Waals surface area contributed by atoms with Gasteiger partial charge in [0.1, 0.15) is 11.6 Å². The minimum atomic E-state index is -0.458. The Morgan fingerprint density at radius 3 is 2.56 bits per heavy atom. The van der Waals surface area contributed by atoms with E-state index in [1.54, 1.807) is 18.2 Å². The van der Waals surface area contributed by atoms with E-state index in [4.69, 9.17) is 4.74 Å². The summed E-state index contributed by atoms with van der Waals surface area (Å²) >= 11 is 3.04. The van der Waals surface area contributed by atoms with Crippen LogP contribution in [0.15, 0.2) is 53.0 Å². The van der Waals surface area contributed by atoms with Gasteiger partial charge in [0.05, 0.1) is 4.47 Å². The molecule has 0 aromatic heterocycles. The molecule has 0 aliphatic heterocycles. The Kier molecular flexibility index (Phi) is 4.10. The average molecular weight is 309 g/mol. The number of ether oxygens (including phenoxy) is 1. The van der Waals surface area contributed by atoms with Crippen molar-refractivity contribution in [3.05, 3.63) is 64.4 Å². The van der Waals surface area contributed by atoms with Crippen LogP contribution in [0.1, 0.15) is 10.4 Å². The molecule has 0 atom stereocenters. The lowest BCUT2D eigenvalue weighted by Crippen LogP contribution is -2.11. The number of ketones is 1. The third-order valence-corrected chi connectivity index (χ3v) is 3.00. The number of halogens is 2. The Hall–Kier alpha value is -1.68. The van der Waals surface area contributed by atoms with Gasteiger partial charge in [0.25, 0.3) is 0 Å². The molecule has 4 heteroatoms. The molecule has 2 aromatic rings. The zero-order valence-corrected chi connectivity index (χ0v) is 11.0. The van der Waals surface area contributed by atoms with Crippen LogP contribution in [0.3, 0.4) is 0 Å². The van der Waals surface area contributed by atoms with Crippen LogP contribution in [0.25, 0.3) is 0 Å². The molecule has 0 bridgehead atoms. The fraction of sp³-hybridized carbons (Fsp3) is 0.0714. The molecule has 0 aliphatic carbocycles. The Labute approximate surface area is 113 Å². The highest BCUT2D eigenvalue weighted by Crippen LogP contribution is 2.17. The summed E-state index contributed by atoms with van der Waals surface area (Å²) in [4.78, 5) is 11.8. The van der Waals surface area contributed by atoms with Gasteiger partial charge in [-0.05, 0) is 46.3 Å². The van der Waals surface area contributed by atoms with E-state index in [1.165, 1.54) is 12.1 Å². The maximum absolute atomic E-state index is 13.3. The van der Waals surface area contributed by atoms with E-state index in [9.17, 15) is 9.18 Å². The van der Waals surface area contributed by atoms with Crippen LogP contribution in [0.4, 0.5) is 4.39 Å². The largest absolute Gasteiger partial charge is 0.485 e. The molecule has 0 unspecified atom stereocenters. The number of para-hydroxylation sites is 1. The van der Waals surface area contributed by atoms with E-state index < -0.39 is 5.82 Å². The molecule has 0 heterocycles. The van der Waals surface area contributed by atoms with Crippen molar-refractivity contribution in [3.8, 4) is 5.75 Å². The Morgan fingerprint density at radius 2 is 1.89 bits per heavy atom. The Morgan fingerprint density at radius 1 is 1.17 bits per heavy atom. The number of carbonyl (C=O) groups is 1. The van der Waals surface area contributed by atoms with Crippen LogP contribution in [0.2, 0.25) is 0 Å². The van der Waals surface area contributed by atoms with Crippen molar-refractivity contribution in [2.45, 2.75) is 0 Å². The Balaban J connectivity index is 2.02. The normalized spacial score (nSPS) is 10.1. The molecular formula is C14H10BrFO2. The van der Waals surface area contributed by atoms with Crippen molar-refractivity contribution in [2.75, 3.05) is 6.61 Å². The SMILES string of the molecule is O=C(COc1ccccc1)c1ccc(Br)c(F)c1. The van der Waals surface area contributed by atoms with Crippen LogP contribution in [0.5, 0.6) is 5.75 Å². The first-order valence-corrected chi connectivity index (χ1v) is 6.12. The molecule has 92 valence electrons. The molecule has 18 heavy (non-hydrogen) atoms. The lowest BCUT2D eigenvalue weighted by molar-refractivity contribution is 0.0921. The van der Waals surface area contributed by atoms with Crippen molar-refractivity contribution < 1.29 is 13.9 Å². The average Bonchev–Trinajstić information content (AvgIpc) is 2.40. The van der Waals surface area contributed by atoms with Gasteiger partial charge in [-0.3, -0.25) is 4.79 Å². The number of Topliss-reactive ketones (excluding diaryl/α,β-unsaturated/α-hetero) is 1. The summed E-state index contributed by atoms with van der Waals surface area (Å²) < 4.78 is 18.9. The van der Waals surface area contributed by atoms with Crippen molar-refractivity contribution in [1.82, 2.24) is 0 Å². The van der Waals surface area contributed by atoms with Crippen LogP contribution < -0.4 is 4.74 Å². The van der Waals surface area contributed by atoms with Crippen LogP contribution in [-0.2, 0) is 0 Å². The van der Waals surface area contributed by atoms with Crippen LogP contribution in [-0.4, -0.2) is 12.4 Å². The van der Waals surface area contributed by atoms with Crippen molar-refractivity contribution in [1.29, 1.82) is 0 Å². The first-order chi connectivity index (χ1) is 8.66. The highest BCUT2D eigenvalue weighted by Gasteiger charge is 2.09. The van der Waals surface area contributed by atoms with E-state index in [1.807, 2.05) is 18.2 Å². The molecule has 2 aromatic carbocycles. The van der Waals surface area contributed by atoms with E-state index in [2.05, 4.69) is 15.9 Å². The predicted molar refractivity (Wildman–Crippen MR) is 70.4 cm³/mol. The molecule has 0 fully saturated rings. The minimum Gasteiger partial charge on any atom is -0.485 e. The fourth-order valence-corrected chi connectivity index (χ4v) is 1.67. The fourth-order valence-electron chi connectivity index (χ4n) is 1.42. The van der Waals surface area contributed by atoms with Crippen molar-refractivity contribution >= 4 is 21.7 Å². The molecule has 2 nitrogen and oxygen atoms in total. The number of hydrogen-bond acceptors (Lipinski definition) is 2. The number of benzene rings is 2. The topological polar surface area (TPSA) is 26.3 Å². The van der Waals surface area contributed by atoms with E-state index in [0.717, 1.165) is 0 Å². The van der Waals surface area contributed by atoms with Crippen molar-refractivity contribution in [3.63, 3.8) is 0 Å². The van der Waals surface area contributed by atoms with Gasteiger partial charge in [0, 0.05) is 5.56 Å². The Bertz CT molecular complexity index is 555. The summed E-state index contributed by atoms with van der Waals surface area (Å²) in [5, 5.41) is 0. The molecule has 0 N–H and O–H groups in total. The van der Waals surface area contributed by atoms with Gasteiger partial charge in [-0.2, -0.15) is 0 Å². The van der Waals surface area contributed by atoms with Gasteiger partial charge in [-0.1, -0.05) is 18.2 Å².